The molecule has 0 aliphatic carbocycles. The van der Waals surface area contributed by atoms with Gasteiger partial charge in [-0.1, -0.05) is 5.16 Å². The van der Waals surface area contributed by atoms with Gasteiger partial charge in [0.05, 0.1) is 6.54 Å². The third-order valence-corrected chi connectivity index (χ3v) is 4.33. The quantitative estimate of drug-likeness (QED) is 0.766. The van der Waals surface area contributed by atoms with Crippen LogP contribution in [0.3, 0.4) is 0 Å². The predicted molar refractivity (Wildman–Crippen MR) is 74.1 cm³/mol. The van der Waals surface area contributed by atoms with Crippen molar-refractivity contribution in [2.45, 2.75) is 31.7 Å². The fourth-order valence-electron chi connectivity index (χ4n) is 1.86. The van der Waals surface area contributed by atoms with Gasteiger partial charge in [0.1, 0.15) is 16.4 Å². The average Bonchev–Trinajstić information content (AvgIpc) is 2.96. The van der Waals surface area contributed by atoms with E-state index in [0.717, 1.165) is 0 Å². The first kappa shape index (κ1) is 15.7. The van der Waals surface area contributed by atoms with Gasteiger partial charge in [0.25, 0.3) is 0 Å². The monoisotopic (exact) mass is 314 g/mol. The van der Waals surface area contributed by atoms with Crippen molar-refractivity contribution in [3.05, 3.63) is 29.3 Å². The number of hydrogen-bond donors (Lipinski definition) is 2. The van der Waals surface area contributed by atoms with Crippen LogP contribution in [0.2, 0.25) is 0 Å². The van der Waals surface area contributed by atoms with Gasteiger partial charge < -0.3 is 14.3 Å². The SMILES string of the molecule is CNCc1cc(S(=O)(=O)NCCc2nc(C)no2)c(C)o1. The second-order valence-electron chi connectivity index (χ2n) is 4.55. The van der Waals surface area contributed by atoms with Crippen LogP contribution in [-0.2, 0) is 23.0 Å². The number of nitrogens with zero attached hydrogens (tertiary/aromatic N) is 2. The molecule has 21 heavy (non-hydrogen) atoms. The number of aromatic nitrogens is 2. The molecular formula is C12H18N4O4S. The Hall–Kier alpha value is -1.71. The van der Waals surface area contributed by atoms with Crippen molar-refractivity contribution < 1.29 is 17.4 Å². The largest absolute Gasteiger partial charge is 0.464 e. The second-order valence-corrected chi connectivity index (χ2v) is 6.28. The minimum Gasteiger partial charge on any atom is -0.464 e. The average molecular weight is 314 g/mol. The first-order valence-electron chi connectivity index (χ1n) is 6.45. The third kappa shape index (κ3) is 3.90. The van der Waals surface area contributed by atoms with Crippen LogP contribution in [0.25, 0.3) is 0 Å². The molecule has 0 saturated carbocycles. The minimum atomic E-state index is -3.61. The second kappa shape index (κ2) is 6.37. The molecule has 0 unspecified atom stereocenters. The van der Waals surface area contributed by atoms with E-state index in [-0.39, 0.29) is 11.4 Å². The minimum absolute atomic E-state index is 0.148. The molecule has 0 bridgehead atoms. The van der Waals surface area contributed by atoms with E-state index in [9.17, 15) is 8.42 Å². The lowest BCUT2D eigenvalue weighted by molar-refractivity contribution is 0.375. The molecule has 2 aromatic rings. The van der Waals surface area contributed by atoms with Crippen molar-refractivity contribution >= 4 is 10.0 Å². The predicted octanol–water partition coefficient (Wildman–Crippen LogP) is 0.520. The standard InChI is InChI=1S/C12H18N4O4S/c1-8-11(6-10(19-8)7-13-3)21(17,18)14-5-4-12-15-9(2)16-20-12/h6,13-14H,4-5,7H2,1-3H3. The van der Waals surface area contributed by atoms with Crippen LogP contribution in [0.4, 0.5) is 0 Å². The van der Waals surface area contributed by atoms with Crippen molar-refractivity contribution in [2.24, 2.45) is 0 Å². The molecule has 0 aliphatic rings. The van der Waals surface area contributed by atoms with Gasteiger partial charge in [0.2, 0.25) is 15.9 Å². The number of nitrogens with one attached hydrogen (secondary N) is 2. The Morgan fingerprint density at radius 3 is 2.71 bits per heavy atom. The highest BCUT2D eigenvalue weighted by molar-refractivity contribution is 7.89. The third-order valence-electron chi connectivity index (χ3n) is 2.76. The van der Waals surface area contributed by atoms with Gasteiger partial charge in [-0.2, -0.15) is 4.98 Å². The zero-order chi connectivity index (χ0) is 15.5. The summed E-state index contributed by atoms with van der Waals surface area (Å²) in [6.07, 6.45) is 0.334. The summed E-state index contributed by atoms with van der Waals surface area (Å²) >= 11 is 0. The van der Waals surface area contributed by atoms with Crippen molar-refractivity contribution in [3.63, 3.8) is 0 Å². The number of furan rings is 1. The molecule has 2 N–H and O–H groups in total. The molecular weight excluding hydrogens is 296 g/mol. The van der Waals surface area contributed by atoms with Crippen molar-refractivity contribution in [1.29, 1.82) is 0 Å². The van der Waals surface area contributed by atoms with E-state index >= 15 is 0 Å². The Morgan fingerprint density at radius 2 is 2.10 bits per heavy atom. The summed E-state index contributed by atoms with van der Waals surface area (Å²) in [5.74, 6) is 1.86. The van der Waals surface area contributed by atoms with Gasteiger partial charge in [-0.15, -0.1) is 0 Å². The zero-order valence-electron chi connectivity index (χ0n) is 12.1. The molecule has 0 fully saturated rings. The first-order valence-corrected chi connectivity index (χ1v) is 7.93. The van der Waals surface area contributed by atoms with Crippen molar-refractivity contribution in [2.75, 3.05) is 13.6 Å². The molecule has 0 spiro atoms. The van der Waals surface area contributed by atoms with E-state index in [4.69, 9.17) is 8.94 Å². The Labute approximate surface area is 123 Å². The van der Waals surface area contributed by atoms with Crippen LogP contribution >= 0.6 is 0 Å². The summed E-state index contributed by atoms with van der Waals surface area (Å²) < 4.78 is 37.2. The topological polar surface area (TPSA) is 110 Å². The van der Waals surface area contributed by atoms with Gasteiger partial charge in [-0.05, 0) is 20.9 Å². The Balaban J connectivity index is 2.01. The van der Waals surface area contributed by atoms with E-state index in [2.05, 4.69) is 20.2 Å². The van der Waals surface area contributed by atoms with Gasteiger partial charge in [0, 0.05) is 19.0 Å². The number of aryl methyl sites for hydroxylation is 2. The normalized spacial score (nSPS) is 12.0. The highest BCUT2D eigenvalue weighted by Crippen LogP contribution is 2.19. The van der Waals surface area contributed by atoms with E-state index in [1.165, 1.54) is 6.07 Å². The first-order chi connectivity index (χ1) is 9.92. The van der Waals surface area contributed by atoms with E-state index < -0.39 is 10.0 Å². The fourth-order valence-corrected chi connectivity index (χ4v) is 3.10. The lowest BCUT2D eigenvalue weighted by atomic mass is 10.4. The van der Waals surface area contributed by atoms with E-state index in [1.807, 2.05) is 0 Å². The van der Waals surface area contributed by atoms with Gasteiger partial charge in [-0.3, -0.25) is 0 Å². The molecule has 0 atom stereocenters. The van der Waals surface area contributed by atoms with Crippen LogP contribution in [0, 0.1) is 13.8 Å². The maximum absolute atomic E-state index is 12.2. The summed E-state index contributed by atoms with van der Waals surface area (Å²) in [4.78, 5) is 4.16. The Kier molecular flexibility index (Phi) is 4.76. The lowest BCUT2D eigenvalue weighted by Gasteiger charge is -2.03. The summed E-state index contributed by atoms with van der Waals surface area (Å²) in [7, 11) is -1.85. The van der Waals surface area contributed by atoms with Crippen LogP contribution in [0.1, 0.15) is 23.2 Å². The van der Waals surface area contributed by atoms with E-state index in [0.29, 0.717) is 36.2 Å². The number of hydrogen-bond acceptors (Lipinski definition) is 7. The van der Waals surface area contributed by atoms with Crippen LogP contribution in [0.15, 0.2) is 19.9 Å². The molecule has 9 heteroatoms. The fraction of sp³-hybridized carbons (Fsp3) is 0.500. The lowest BCUT2D eigenvalue weighted by Crippen LogP contribution is -2.26. The molecule has 0 saturated heterocycles. The molecule has 0 amide bonds. The van der Waals surface area contributed by atoms with Gasteiger partial charge in [-0.25, -0.2) is 13.1 Å². The molecule has 2 aromatic heterocycles. The number of rotatable bonds is 7. The van der Waals surface area contributed by atoms with Crippen molar-refractivity contribution in [1.82, 2.24) is 20.2 Å². The van der Waals surface area contributed by atoms with Gasteiger partial charge >= 0.3 is 0 Å². The van der Waals surface area contributed by atoms with Crippen LogP contribution in [-0.4, -0.2) is 32.2 Å². The molecule has 8 nitrogen and oxygen atoms in total. The maximum Gasteiger partial charge on any atom is 0.244 e. The molecule has 2 heterocycles. The van der Waals surface area contributed by atoms with Crippen LogP contribution in [0.5, 0.6) is 0 Å². The Morgan fingerprint density at radius 1 is 1.33 bits per heavy atom. The highest BCUT2D eigenvalue weighted by Gasteiger charge is 2.21. The van der Waals surface area contributed by atoms with Crippen molar-refractivity contribution in [3.8, 4) is 0 Å². The molecule has 0 radical (unpaired) electrons. The molecule has 2 rings (SSSR count). The molecule has 0 aliphatic heterocycles. The van der Waals surface area contributed by atoms with E-state index in [1.54, 1.807) is 20.9 Å². The molecule has 116 valence electrons. The summed E-state index contributed by atoms with van der Waals surface area (Å²) in [5, 5.41) is 6.55. The highest BCUT2D eigenvalue weighted by atomic mass is 32.2. The zero-order valence-corrected chi connectivity index (χ0v) is 13.0. The summed E-state index contributed by atoms with van der Waals surface area (Å²) in [5.41, 5.74) is 0. The summed E-state index contributed by atoms with van der Waals surface area (Å²) in [6.45, 7) is 3.97. The Bertz CT molecular complexity index is 705. The molecule has 0 aromatic carbocycles. The van der Waals surface area contributed by atoms with Gasteiger partial charge in [0.15, 0.2) is 5.82 Å². The summed E-state index contributed by atoms with van der Waals surface area (Å²) in [6, 6.07) is 1.52. The maximum atomic E-state index is 12.2. The smallest absolute Gasteiger partial charge is 0.244 e. The number of sulfonamides is 1. The van der Waals surface area contributed by atoms with Crippen LogP contribution < -0.4 is 10.0 Å².